The number of hydrogen-bond acceptors (Lipinski definition) is 8. The smallest absolute Gasteiger partial charge is 0.319 e. The normalized spacial score (nSPS) is 20.4. The van der Waals surface area contributed by atoms with Crippen molar-refractivity contribution in [1.29, 1.82) is 5.26 Å². The van der Waals surface area contributed by atoms with E-state index >= 15 is 4.39 Å². The summed E-state index contributed by atoms with van der Waals surface area (Å²) >= 11 is 0. The number of nitriles is 1. The number of hydrogen-bond donors (Lipinski definition) is 0. The van der Waals surface area contributed by atoms with E-state index in [-0.39, 0.29) is 37.4 Å². The average Bonchev–Trinajstić information content (AvgIpc) is 3.43. The van der Waals surface area contributed by atoms with Crippen LogP contribution in [0.25, 0.3) is 22.0 Å². The second kappa shape index (κ2) is 12.1. The Labute approximate surface area is 249 Å². The molecule has 43 heavy (non-hydrogen) atoms. The van der Waals surface area contributed by atoms with Crippen LogP contribution in [-0.4, -0.2) is 84.2 Å². The number of halogens is 2. The fourth-order valence-corrected chi connectivity index (χ4v) is 6.42. The van der Waals surface area contributed by atoms with Gasteiger partial charge in [-0.2, -0.15) is 15.2 Å². The van der Waals surface area contributed by atoms with Gasteiger partial charge in [0.05, 0.1) is 36.0 Å². The zero-order valence-corrected chi connectivity index (χ0v) is 24.2. The van der Waals surface area contributed by atoms with Crippen LogP contribution in [0.15, 0.2) is 42.7 Å². The minimum Gasteiger partial charge on any atom is -0.492 e. The predicted octanol–water partition coefficient (Wildman–Crippen LogP) is 4.65. The van der Waals surface area contributed by atoms with Gasteiger partial charge in [-0.1, -0.05) is 24.8 Å². The van der Waals surface area contributed by atoms with Gasteiger partial charge in [0.25, 0.3) is 5.91 Å². The van der Waals surface area contributed by atoms with Gasteiger partial charge >= 0.3 is 6.01 Å². The maximum atomic E-state index is 15.1. The Kier molecular flexibility index (Phi) is 8.13. The van der Waals surface area contributed by atoms with E-state index in [9.17, 15) is 14.4 Å². The number of benzene rings is 2. The molecular formula is C32H34F2N6O3. The third kappa shape index (κ3) is 5.59. The van der Waals surface area contributed by atoms with E-state index in [1.807, 2.05) is 11.0 Å². The molecule has 0 spiro atoms. The summed E-state index contributed by atoms with van der Waals surface area (Å²) in [6.07, 6.45) is 3.60. The largest absolute Gasteiger partial charge is 0.492 e. The van der Waals surface area contributed by atoms with Crippen molar-refractivity contribution in [2.75, 3.05) is 51.3 Å². The molecule has 0 radical (unpaired) electrons. The summed E-state index contributed by atoms with van der Waals surface area (Å²) in [4.78, 5) is 27.8. The van der Waals surface area contributed by atoms with E-state index in [1.165, 1.54) is 11.0 Å². The lowest BCUT2D eigenvalue weighted by Crippen LogP contribution is -2.55. The number of piperazine rings is 1. The zero-order valence-electron chi connectivity index (χ0n) is 24.2. The number of carbonyl (C=O) groups is 1. The summed E-state index contributed by atoms with van der Waals surface area (Å²) in [6, 6.07) is 10.5. The SMILES string of the molecule is C=C(F)C(=O)N1CCN(c2nc(OC[C@@H]3CCCN3C)nc3cc(-c4ccccc4F)c4c(c23)OCCC4)C[C@@H]1CC#N. The van der Waals surface area contributed by atoms with Crippen molar-refractivity contribution in [1.82, 2.24) is 19.8 Å². The van der Waals surface area contributed by atoms with Crippen LogP contribution in [0, 0.1) is 17.1 Å². The van der Waals surface area contributed by atoms with E-state index in [0.29, 0.717) is 59.8 Å². The number of likely N-dealkylation sites (N-methyl/N-ethyl adjacent to an activating group) is 1. The van der Waals surface area contributed by atoms with Crippen LogP contribution in [0.4, 0.5) is 14.6 Å². The first-order valence-corrected chi connectivity index (χ1v) is 14.7. The number of aromatic nitrogens is 2. The maximum Gasteiger partial charge on any atom is 0.319 e. The van der Waals surface area contributed by atoms with Gasteiger partial charge in [-0.25, -0.2) is 8.78 Å². The highest BCUT2D eigenvalue weighted by Crippen LogP contribution is 2.45. The van der Waals surface area contributed by atoms with Gasteiger partial charge in [-0.3, -0.25) is 4.79 Å². The fourth-order valence-electron chi connectivity index (χ4n) is 6.42. The van der Waals surface area contributed by atoms with E-state index < -0.39 is 17.8 Å². The third-order valence-electron chi connectivity index (χ3n) is 8.66. The van der Waals surface area contributed by atoms with Crippen molar-refractivity contribution >= 4 is 22.6 Å². The Morgan fingerprint density at radius 3 is 2.77 bits per heavy atom. The number of ether oxygens (including phenoxy) is 2. The van der Waals surface area contributed by atoms with Gasteiger partial charge in [0.1, 0.15) is 24.0 Å². The fraction of sp³-hybridized carbons (Fsp3) is 0.438. The van der Waals surface area contributed by atoms with E-state index in [0.717, 1.165) is 31.4 Å². The quantitative estimate of drug-likeness (QED) is 0.369. The second-order valence-corrected chi connectivity index (χ2v) is 11.3. The maximum absolute atomic E-state index is 15.1. The summed E-state index contributed by atoms with van der Waals surface area (Å²) in [5.41, 5.74) is 2.61. The minimum absolute atomic E-state index is 0.0158. The standard InChI is InChI=1S/C32H34F2N6O3/c1-20(33)31(41)40-15-14-39(18-21(40)11-12-35)30-28-27(36-32(37-30)43-19-22-7-5-13-38(22)2)17-25(23-8-3-4-10-26(23)34)24-9-6-16-42-29(24)28/h3-4,8,10,17,21-22H,1,5-7,9,11,13-16,18-19H2,2H3/t21-,22-/m0/s1. The molecule has 3 aliphatic heterocycles. The highest BCUT2D eigenvalue weighted by molar-refractivity contribution is 6.00. The number of amides is 1. The van der Waals surface area contributed by atoms with Crippen LogP contribution in [0.5, 0.6) is 11.8 Å². The van der Waals surface area contributed by atoms with E-state index in [2.05, 4.69) is 24.6 Å². The second-order valence-electron chi connectivity index (χ2n) is 11.3. The Morgan fingerprint density at radius 2 is 2.02 bits per heavy atom. The lowest BCUT2D eigenvalue weighted by Gasteiger charge is -2.41. The van der Waals surface area contributed by atoms with Gasteiger partial charge in [0.15, 0.2) is 5.83 Å². The van der Waals surface area contributed by atoms with E-state index in [4.69, 9.17) is 19.4 Å². The lowest BCUT2D eigenvalue weighted by atomic mass is 9.92. The molecule has 2 atom stereocenters. The molecule has 0 N–H and O–H groups in total. The van der Waals surface area contributed by atoms with Crippen LogP contribution < -0.4 is 14.4 Å². The van der Waals surface area contributed by atoms with Gasteiger partial charge < -0.3 is 24.2 Å². The average molecular weight is 589 g/mol. The molecule has 2 fully saturated rings. The van der Waals surface area contributed by atoms with Crippen molar-refractivity contribution in [3.63, 3.8) is 0 Å². The molecule has 1 amide bonds. The van der Waals surface area contributed by atoms with Crippen molar-refractivity contribution in [3.8, 4) is 29.0 Å². The van der Waals surface area contributed by atoms with Crippen LogP contribution in [0.1, 0.15) is 31.2 Å². The van der Waals surface area contributed by atoms with Crippen molar-refractivity contribution < 1.29 is 23.0 Å². The molecule has 11 heteroatoms. The molecular weight excluding hydrogens is 554 g/mol. The molecule has 0 bridgehead atoms. The first-order valence-electron chi connectivity index (χ1n) is 14.7. The number of rotatable bonds is 7. The third-order valence-corrected chi connectivity index (χ3v) is 8.66. The van der Waals surface area contributed by atoms with Crippen molar-refractivity contribution in [2.45, 2.75) is 44.2 Å². The van der Waals surface area contributed by atoms with Gasteiger partial charge in [0, 0.05) is 36.8 Å². The summed E-state index contributed by atoms with van der Waals surface area (Å²) in [5, 5.41) is 10.2. The number of anilines is 1. The molecule has 0 aliphatic carbocycles. The molecule has 9 nitrogen and oxygen atoms in total. The Morgan fingerprint density at radius 1 is 1.19 bits per heavy atom. The molecule has 0 unspecified atom stereocenters. The molecule has 3 aromatic rings. The van der Waals surface area contributed by atoms with Gasteiger partial charge in [0.2, 0.25) is 0 Å². The molecule has 2 aromatic carbocycles. The highest BCUT2D eigenvalue weighted by Gasteiger charge is 2.35. The summed E-state index contributed by atoms with van der Waals surface area (Å²) < 4.78 is 41.4. The highest BCUT2D eigenvalue weighted by atomic mass is 19.1. The van der Waals surface area contributed by atoms with Gasteiger partial charge in [-0.05, 0) is 57.0 Å². The molecule has 2 saturated heterocycles. The molecule has 224 valence electrons. The Hall–Kier alpha value is -4.30. The zero-order chi connectivity index (χ0) is 30.1. The van der Waals surface area contributed by atoms with Crippen LogP contribution in [0.2, 0.25) is 0 Å². The first-order chi connectivity index (χ1) is 20.9. The van der Waals surface area contributed by atoms with Crippen LogP contribution >= 0.6 is 0 Å². The van der Waals surface area contributed by atoms with Crippen molar-refractivity contribution in [2.24, 2.45) is 0 Å². The lowest BCUT2D eigenvalue weighted by molar-refractivity contribution is -0.131. The Balaban J connectivity index is 1.48. The molecule has 3 aliphatic rings. The number of likely N-dealkylation sites (tertiary alicyclic amines) is 1. The van der Waals surface area contributed by atoms with Crippen molar-refractivity contribution in [3.05, 3.63) is 54.1 Å². The molecule has 1 aromatic heterocycles. The Bertz CT molecular complexity index is 1610. The predicted molar refractivity (Wildman–Crippen MR) is 158 cm³/mol. The van der Waals surface area contributed by atoms with Crippen LogP contribution in [0.3, 0.4) is 0 Å². The molecule has 6 rings (SSSR count). The number of fused-ring (bicyclic) bond motifs is 3. The monoisotopic (exact) mass is 588 g/mol. The minimum atomic E-state index is -1.06. The topological polar surface area (TPSA) is 94.8 Å². The van der Waals surface area contributed by atoms with Crippen LogP contribution in [-0.2, 0) is 11.2 Å². The summed E-state index contributed by atoms with van der Waals surface area (Å²) in [6.45, 7) is 5.83. The summed E-state index contributed by atoms with van der Waals surface area (Å²) in [7, 11) is 2.07. The first kappa shape index (κ1) is 28.8. The van der Waals surface area contributed by atoms with E-state index in [1.54, 1.807) is 18.2 Å². The summed E-state index contributed by atoms with van der Waals surface area (Å²) in [5.74, 6) is -1.05. The number of carbonyl (C=O) groups excluding carboxylic acids is 1. The number of nitrogens with zero attached hydrogens (tertiary/aromatic N) is 6. The molecule has 4 heterocycles. The molecule has 0 saturated carbocycles. The van der Waals surface area contributed by atoms with Gasteiger partial charge in [-0.15, -0.1) is 0 Å².